The van der Waals surface area contributed by atoms with Crippen LogP contribution in [0.3, 0.4) is 0 Å². The molecule has 2 aromatic rings. The van der Waals surface area contributed by atoms with Crippen molar-refractivity contribution in [3.05, 3.63) is 50.4 Å². The topological polar surface area (TPSA) is 31.2 Å². The summed E-state index contributed by atoms with van der Waals surface area (Å²) >= 11 is 3.56. The van der Waals surface area contributed by atoms with E-state index in [4.69, 9.17) is 4.74 Å². The number of hydrogen-bond acceptors (Lipinski definition) is 2. The van der Waals surface area contributed by atoms with Crippen LogP contribution < -0.4 is 10.3 Å². The predicted octanol–water partition coefficient (Wildman–Crippen LogP) is 4.63. The molecule has 1 heterocycles. The van der Waals surface area contributed by atoms with Gasteiger partial charge < -0.3 is 9.30 Å². The molecule has 4 heteroatoms. The van der Waals surface area contributed by atoms with Crippen molar-refractivity contribution in [2.75, 3.05) is 0 Å². The van der Waals surface area contributed by atoms with Crippen molar-refractivity contribution in [2.24, 2.45) is 0 Å². The Morgan fingerprint density at radius 3 is 2.57 bits per heavy atom. The van der Waals surface area contributed by atoms with Crippen molar-refractivity contribution in [2.45, 2.75) is 39.7 Å². The van der Waals surface area contributed by atoms with E-state index in [1.807, 2.05) is 30.5 Å². The van der Waals surface area contributed by atoms with Gasteiger partial charge in [0.2, 0.25) is 0 Å². The molecule has 3 rings (SSSR count). The van der Waals surface area contributed by atoms with E-state index in [-0.39, 0.29) is 5.56 Å². The standard InChI is InChI=1S/C17H18BrNO2/c1-9(2)21-16-11(4)17(20)19(12-5-6-12)15-10(3)14(18)8-7-13(15)16/h7-8,12H,1,5-6H2,2-4H3. The molecule has 1 saturated carbocycles. The van der Waals surface area contributed by atoms with Crippen LogP contribution in [0.5, 0.6) is 5.75 Å². The number of halogens is 1. The van der Waals surface area contributed by atoms with Gasteiger partial charge >= 0.3 is 0 Å². The van der Waals surface area contributed by atoms with Gasteiger partial charge in [-0.2, -0.15) is 0 Å². The fraction of sp³-hybridized carbons (Fsp3) is 0.353. The minimum Gasteiger partial charge on any atom is -0.461 e. The van der Waals surface area contributed by atoms with Gasteiger partial charge in [-0.25, -0.2) is 0 Å². The van der Waals surface area contributed by atoms with Crippen LogP contribution in [0.15, 0.2) is 33.7 Å². The first-order valence-corrected chi connectivity index (χ1v) is 7.88. The first-order chi connectivity index (χ1) is 9.91. The van der Waals surface area contributed by atoms with Gasteiger partial charge in [-0.3, -0.25) is 4.79 Å². The monoisotopic (exact) mass is 347 g/mol. The van der Waals surface area contributed by atoms with Crippen LogP contribution >= 0.6 is 15.9 Å². The summed E-state index contributed by atoms with van der Waals surface area (Å²) in [5.74, 6) is 1.22. The van der Waals surface area contributed by atoms with Crippen LogP contribution in [0.2, 0.25) is 0 Å². The zero-order valence-electron chi connectivity index (χ0n) is 12.5. The molecule has 0 atom stereocenters. The summed E-state index contributed by atoms with van der Waals surface area (Å²) in [5.41, 5.74) is 2.74. The molecule has 0 N–H and O–H groups in total. The molecular weight excluding hydrogens is 330 g/mol. The largest absolute Gasteiger partial charge is 0.461 e. The molecule has 0 saturated heterocycles. The van der Waals surface area contributed by atoms with E-state index in [0.29, 0.717) is 23.1 Å². The van der Waals surface area contributed by atoms with Gasteiger partial charge in [-0.15, -0.1) is 0 Å². The smallest absolute Gasteiger partial charge is 0.257 e. The molecule has 3 nitrogen and oxygen atoms in total. The normalized spacial score (nSPS) is 14.5. The quantitative estimate of drug-likeness (QED) is 0.758. The van der Waals surface area contributed by atoms with Crippen LogP contribution in [0.25, 0.3) is 10.9 Å². The van der Waals surface area contributed by atoms with Crippen molar-refractivity contribution in [1.82, 2.24) is 4.57 Å². The minimum atomic E-state index is 0.0439. The summed E-state index contributed by atoms with van der Waals surface area (Å²) in [6.07, 6.45) is 2.14. The van der Waals surface area contributed by atoms with Crippen molar-refractivity contribution in [1.29, 1.82) is 0 Å². The summed E-state index contributed by atoms with van der Waals surface area (Å²) in [6, 6.07) is 4.34. The van der Waals surface area contributed by atoms with Crippen molar-refractivity contribution in [3.63, 3.8) is 0 Å². The number of hydrogen-bond donors (Lipinski definition) is 0. The lowest BCUT2D eigenvalue weighted by molar-refractivity contribution is 0.430. The zero-order valence-corrected chi connectivity index (χ0v) is 14.1. The molecule has 0 amide bonds. The Hall–Kier alpha value is -1.55. The molecule has 1 aromatic carbocycles. The molecule has 0 spiro atoms. The SMILES string of the molecule is C=C(C)Oc1c(C)c(=O)n(C2CC2)c2c(C)c(Br)ccc12. The van der Waals surface area contributed by atoms with E-state index in [1.54, 1.807) is 6.92 Å². The van der Waals surface area contributed by atoms with Crippen molar-refractivity contribution in [3.8, 4) is 5.75 Å². The van der Waals surface area contributed by atoms with Gasteiger partial charge in [-0.05, 0) is 51.3 Å². The van der Waals surface area contributed by atoms with Gasteiger partial charge in [0.1, 0.15) is 5.75 Å². The van der Waals surface area contributed by atoms with Crippen LogP contribution in [0, 0.1) is 13.8 Å². The van der Waals surface area contributed by atoms with Crippen LogP contribution in [-0.4, -0.2) is 4.57 Å². The number of benzene rings is 1. The number of pyridine rings is 1. The molecule has 1 fully saturated rings. The molecule has 0 unspecified atom stereocenters. The number of allylic oxidation sites excluding steroid dienone is 1. The van der Waals surface area contributed by atoms with E-state index in [2.05, 4.69) is 22.5 Å². The van der Waals surface area contributed by atoms with E-state index >= 15 is 0 Å². The summed E-state index contributed by atoms with van der Waals surface area (Å²) in [4.78, 5) is 12.8. The third-order valence-electron chi connectivity index (χ3n) is 3.92. The van der Waals surface area contributed by atoms with Gasteiger partial charge in [0.25, 0.3) is 5.56 Å². The maximum Gasteiger partial charge on any atom is 0.257 e. The third kappa shape index (κ3) is 2.31. The number of aryl methyl sites for hydroxylation is 1. The second kappa shape index (κ2) is 5.02. The minimum absolute atomic E-state index is 0.0439. The van der Waals surface area contributed by atoms with Crippen LogP contribution in [-0.2, 0) is 0 Å². The lowest BCUT2D eigenvalue weighted by atomic mass is 10.1. The fourth-order valence-electron chi connectivity index (χ4n) is 2.74. The highest BCUT2D eigenvalue weighted by Crippen LogP contribution is 2.40. The fourth-order valence-corrected chi connectivity index (χ4v) is 3.06. The Labute approximate surface area is 132 Å². The van der Waals surface area contributed by atoms with Crippen LogP contribution in [0.4, 0.5) is 0 Å². The highest BCUT2D eigenvalue weighted by atomic mass is 79.9. The Bertz CT molecular complexity index is 816. The maximum absolute atomic E-state index is 12.8. The number of rotatable bonds is 3. The first kappa shape index (κ1) is 14.4. The van der Waals surface area contributed by atoms with Crippen molar-refractivity contribution < 1.29 is 4.74 Å². The van der Waals surface area contributed by atoms with E-state index in [0.717, 1.165) is 33.8 Å². The second-order valence-corrected chi connectivity index (χ2v) is 6.59. The molecule has 0 radical (unpaired) electrons. The molecule has 1 aromatic heterocycles. The van der Waals surface area contributed by atoms with Crippen molar-refractivity contribution >= 4 is 26.8 Å². The molecule has 1 aliphatic rings. The van der Waals surface area contributed by atoms with Gasteiger partial charge in [-0.1, -0.05) is 22.5 Å². The predicted molar refractivity (Wildman–Crippen MR) is 89.1 cm³/mol. The molecule has 1 aliphatic carbocycles. The second-order valence-electron chi connectivity index (χ2n) is 5.73. The molecular formula is C17H18BrNO2. The van der Waals surface area contributed by atoms with Crippen LogP contribution in [0.1, 0.15) is 36.9 Å². The number of aromatic nitrogens is 1. The molecule has 0 aliphatic heterocycles. The third-order valence-corrected chi connectivity index (χ3v) is 4.78. The zero-order chi connectivity index (χ0) is 15.3. The Kier molecular flexibility index (Phi) is 3.44. The summed E-state index contributed by atoms with van der Waals surface area (Å²) < 4.78 is 8.71. The molecule has 21 heavy (non-hydrogen) atoms. The van der Waals surface area contributed by atoms with E-state index < -0.39 is 0 Å². The molecule has 0 bridgehead atoms. The van der Waals surface area contributed by atoms with Gasteiger partial charge in [0.05, 0.1) is 16.8 Å². The number of nitrogens with zero attached hydrogens (tertiary/aromatic N) is 1. The molecule has 110 valence electrons. The highest BCUT2D eigenvalue weighted by molar-refractivity contribution is 9.10. The Morgan fingerprint density at radius 2 is 2.00 bits per heavy atom. The van der Waals surface area contributed by atoms with E-state index in [1.165, 1.54) is 0 Å². The number of fused-ring (bicyclic) bond motifs is 1. The average molecular weight is 348 g/mol. The maximum atomic E-state index is 12.8. The lowest BCUT2D eigenvalue weighted by Crippen LogP contribution is -2.23. The summed E-state index contributed by atoms with van der Waals surface area (Å²) in [7, 11) is 0. The number of ether oxygens (including phenoxy) is 1. The Balaban J connectivity index is 2.47. The average Bonchev–Trinajstić information content (AvgIpc) is 3.24. The summed E-state index contributed by atoms with van der Waals surface area (Å²) in [6.45, 7) is 9.45. The first-order valence-electron chi connectivity index (χ1n) is 7.09. The highest BCUT2D eigenvalue weighted by Gasteiger charge is 2.29. The van der Waals surface area contributed by atoms with E-state index in [9.17, 15) is 4.79 Å². The Morgan fingerprint density at radius 1 is 1.33 bits per heavy atom. The summed E-state index contributed by atoms with van der Waals surface area (Å²) in [5, 5.41) is 0.975. The van der Waals surface area contributed by atoms with Gasteiger partial charge in [0.15, 0.2) is 0 Å². The van der Waals surface area contributed by atoms with Gasteiger partial charge in [0, 0.05) is 15.9 Å². The lowest BCUT2D eigenvalue weighted by Gasteiger charge is -2.18.